The summed E-state index contributed by atoms with van der Waals surface area (Å²) in [6.07, 6.45) is 0. The van der Waals surface area contributed by atoms with E-state index in [1.165, 1.54) is 0 Å². The lowest BCUT2D eigenvalue weighted by Gasteiger charge is -2.21. The summed E-state index contributed by atoms with van der Waals surface area (Å²) in [6.45, 7) is 3.46. The number of fused-ring (bicyclic) bond motifs is 1. The lowest BCUT2D eigenvalue weighted by Crippen LogP contribution is -2.28. The third-order valence-electron chi connectivity index (χ3n) is 3.05. The molecule has 2 rings (SSSR count). The number of hydrogen-bond acceptors (Lipinski definition) is 1. The molecule has 0 spiro atoms. The van der Waals surface area contributed by atoms with Crippen molar-refractivity contribution in [2.24, 2.45) is 0 Å². The van der Waals surface area contributed by atoms with Crippen LogP contribution in [0.15, 0.2) is 40.9 Å². The van der Waals surface area contributed by atoms with E-state index in [2.05, 4.69) is 15.9 Å². The number of carbonyl (C=O) groups is 1. The molecule has 0 aliphatic heterocycles. The molecule has 0 aliphatic carbocycles. The Hall–Kier alpha value is -1.35. The van der Waals surface area contributed by atoms with Gasteiger partial charge >= 0.3 is 5.97 Å². The largest absolute Gasteiger partial charge is 0.481 e. The highest BCUT2D eigenvalue weighted by Gasteiger charge is 2.30. The highest BCUT2D eigenvalue weighted by Crippen LogP contribution is 2.31. The second-order valence-corrected chi connectivity index (χ2v) is 5.52. The van der Waals surface area contributed by atoms with E-state index in [0.29, 0.717) is 0 Å². The molecule has 0 amide bonds. The summed E-state index contributed by atoms with van der Waals surface area (Å²) < 4.78 is 0.996. The Morgan fingerprint density at radius 3 is 2.59 bits per heavy atom. The van der Waals surface area contributed by atoms with E-state index in [4.69, 9.17) is 0 Å². The molecule has 88 valence electrons. The lowest BCUT2D eigenvalue weighted by atomic mass is 9.82. The molecular weight excluding hydrogens is 280 g/mol. The van der Waals surface area contributed by atoms with Gasteiger partial charge in [0, 0.05) is 4.47 Å². The molecule has 3 heteroatoms. The third kappa shape index (κ3) is 2.07. The molecule has 0 bridgehead atoms. The first-order valence-electron chi connectivity index (χ1n) is 5.35. The maximum absolute atomic E-state index is 11.3. The zero-order chi connectivity index (χ0) is 12.6. The van der Waals surface area contributed by atoms with E-state index in [9.17, 15) is 9.90 Å². The summed E-state index contributed by atoms with van der Waals surface area (Å²) in [4.78, 5) is 11.3. The third-order valence-corrected chi connectivity index (χ3v) is 3.54. The number of halogens is 1. The van der Waals surface area contributed by atoms with Crippen LogP contribution in [0.2, 0.25) is 0 Å². The van der Waals surface area contributed by atoms with E-state index in [-0.39, 0.29) is 0 Å². The van der Waals surface area contributed by atoms with Crippen molar-refractivity contribution in [2.75, 3.05) is 0 Å². The van der Waals surface area contributed by atoms with Crippen LogP contribution in [0.3, 0.4) is 0 Å². The van der Waals surface area contributed by atoms with Crippen molar-refractivity contribution in [3.8, 4) is 0 Å². The number of benzene rings is 2. The molecule has 1 N–H and O–H groups in total. The number of carboxylic acid groups (broad SMARTS) is 1. The number of carboxylic acids is 1. The molecule has 0 radical (unpaired) electrons. The predicted molar refractivity (Wildman–Crippen MR) is 72.3 cm³/mol. The van der Waals surface area contributed by atoms with Crippen molar-refractivity contribution >= 4 is 32.7 Å². The van der Waals surface area contributed by atoms with Crippen molar-refractivity contribution in [1.29, 1.82) is 0 Å². The minimum absolute atomic E-state index is 0.812. The normalized spacial score (nSPS) is 11.7. The first kappa shape index (κ1) is 12.1. The first-order chi connectivity index (χ1) is 7.93. The Balaban J connectivity index is 2.75. The molecule has 0 unspecified atom stereocenters. The summed E-state index contributed by atoms with van der Waals surface area (Å²) in [5.74, 6) is -0.812. The minimum atomic E-state index is -0.882. The molecule has 17 heavy (non-hydrogen) atoms. The second-order valence-electron chi connectivity index (χ2n) is 4.60. The van der Waals surface area contributed by atoms with Gasteiger partial charge in [0.15, 0.2) is 0 Å². The molecule has 0 aliphatic rings. The molecular formula is C14H13BrO2. The van der Waals surface area contributed by atoms with Crippen molar-refractivity contribution in [3.05, 3.63) is 46.4 Å². The average Bonchev–Trinajstić information content (AvgIpc) is 2.27. The number of rotatable bonds is 2. The number of aliphatic carboxylic acids is 1. The van der Waals surface area contributed by atoms with Gasteiger partial charge in [0.2, 0.25) is 0 Å². The average molecular weight is 293 g/mol. The fraction of sp³-hybridized carbons (Fsp3) is 0.214. The SMILES string of the molecule is CC(C)(C(=O)O)c1cccc2cc(Br)ccc12. The van der Waals surface area contributed by atoms with Gasteiger partial charge in [-0.05, 0) is 42.3 Å². The van der Waals surface area contributed by atoms with Crippen molar-refractivity contribution in [3.63, 3.8) is 0 Å². The van der Waals surface area contributed by atoms with Crippen LogP contribution in [0, 0.1) is 0 Å². The summed E-state index contributed by atoms with van der Waals surface area (Å²) in [5.41, 5.74) is -0.0390. The van der Waals surface area contributed by atoms with Gasteiger partial charge < -0.3 is 5.11 Å². The fourth-order valence-electron chi connectivity index (χ4n) is 1.91. The highest BCUT2D eigenvalue weighted by molar-refractivity contribution is 9.10. The van der Waals surface area contributed by atoms with Gasteiger partial charge in [-0.2, -0.15) is 0 Å². The topological polar surface area (TPSA) is 37.3 Å². The maximum Gasteiger partial charge on any atom is 0.313 e. The van der Waals surface area contributed by atoms with Crippen LogP contribution >= 0.6 is 15.9 Å². The molecule has 0 saturated heterocycles. The molecule has 0 atom stereocenters. The molecule has 0 saturated carbocycles. The fourth-order valence-corrected chi connectivity index (χ4v) is 2.29. The Labute approximate surface area is 108 Å². The Bertz CT molecular complexity index is 588. The van der Waals surface area contributed by atoms with E-state index in [0.717, 1.165) is 20.8 Å². The van der Waals surface area contributed by atoms with Gasteiger partial charge in [0.1, 0.15) is 0 Å². The monoisotopic (exact) mass is 292 g/mol. The van der Waals surface area contributed by atoms with Crippen molar-refractivity contribution in [2.45, 2.75) is 19.3 Å². The smallest absolute Gasteiger partial charge is 0.313 e. The molecule has 2 nitrogen and oxygen atoms in total. The summed E-state index contributed by atoms with van der Waals surface area (Å²) in [6, 6.07) is 11.7. The molecule has 2 aromatic rings. The van der Waals surface area contributed by atoms with Crippen LogP contribution in [-0.4, -0.2) is 11.1 Å². The van der Waals surface area contributed by atoms with Crippen LogP contribution in [0.5, 0.6) is 0 Å². The molecule has 2 aromatic carbocycles. The van der Waals surface area contributed by atoms with Crippen molar-refractivity contribution < 1.29 is 9.90 Å². The van der Waals surface area contributed by atoms with Crippen molar-refractivity contribution in [1.82, 2.24) is 0 Å². The van der Waals surface area contributed by atoms with Gasteiger partial charge in [-0.3, -0.25) is 4.79 Å². The zero-order valence-corrected chi connectivity index (χ0v) is 11.3. The quantitative estimate of drug-likeness (QED) is 0.909. The van der Waals surface area contributed by atoms with Crippen LogP contribution in [0.4, 0.5) is 0 Å². The lowest BCUT2D eigenvalue weighted by molar-refractivity contribution is -0.142. The summed E-state index contributed by atoms with van der Waals surface area (Å²) in [5, 5.41) is 11.3. The van der Waals surface area contributed by atoms with E-state index < -0.39 is 11.4 Å². The summed E-state index contributed by atoms with van der Waals surface area (Å²) in [7, 11) is 0. The molecule has 0 aromatic heterocycles. The minimum Gasteiger partial charge on any atom is -0.481 e. The van der Waals surface area contributed by atoms with Gasteiger partial charge in [-0.25, -0.2) is 0 Å². The van der Waals surface area contributed by atoms with Crippen LogP contribution in [0.1, 0.15) is 19.4 Å². The van der Waals surface area contributed by atoms with Crippen LogP contribution in [0.25, 0.3) is 10.8 Å². The molecule has 0 fully saturated rings. The zero-order valence-electron chi connectivity index (χ0n) is 9.70. The van der Waals surface area contributed by atoms with Gasteiger partial charge in [-0.1, -0.05) is 40.2 Å². The van der Waals surface area contributed by atoms with Crippen LogP contribution < -0.4 is 0 Å². The van der Waals surface area contributed by atoms with E-state index in [1.54, 1.807) is 13.8 Å². The highest BCUT2D eigenvalue weighted by atomic mass is 79.9. The summed E-state index contributed by atoms with van der Waals surface area (Å²) >= 11 is 3.42. The number of hydrogen-bond donors (Lipinski definition) is 1. The second kappa shape index (κ2) is 4.15. The maximum atomic E-state index is 11.3. The van der Waals surface area contributed by atoms with Crippen LogP contribution in [-0.2, 0) is 10.2 Å². The van der Waals surface area contributed by atoms with Gasteiger partial charge in [0.25, 0.3) is 0 Å². The predicted octanol–water partition coefficient (Wildman–Crippen LogP) is 3.96. The Morgan fingerprint density at radius 1 is 1.24 bits per heavy atom. The van der Waals surface area contributed by atoms with Gasteiger partial charge in [-0.15, -0.1) is 0 Å². The van der Waals surface area contributed by atoms with E-state index >= 15 is 0 Å². The molecule has 0 heterocycles. The standard InChI is InChI=1S/C14H13BrO2/c1-14(2,13(16)17)12-5-3-4-9-8-10(15)6-7-11(9)12/h3-8H,1-2H3,(H,16,17). The van der Waals surface area contributed by atoms with Gasteiger partial charge in [0.05, 0.1) is 5.41 Å². The Kier molecular flexibility index (Phi) is 2.96. The van der Waals surface area contributed by atoms with E-state index in [1.807, 2.05) is 36.4 Å². The Morgan fingerprint density at radius 2 is 1.94 bits per heavy atom. The first-order valence-corrected chi connectivity index (χ1v) is 6.14.